The molecule has 0 radical (unpaired) electrons. The molecule has 3 heterocycles. The highest BCUT2D eigenvalue weighted by Gasteiger charge is 2.53. The summed E-state index contributed by atoms with van der Waals surface area (Å²) in [5.41, 5.74) is 5.11. The number of benzene rings is 6. The number of nitrogens with one attached hydrogen (secondary N) is 4. The van der Waals surface area contributed by atoms with Gasteiger partial charge in [-0.3, -0.25) is 19.2 Å². The number of ether oxygens (including phenoxy) is 8. The molecule has 16 heteroatoms. The third-order valence-electron chi connectivity index (χ3n) is 14.0. The lowest BCUT2D eigenvalue weighted by Crippen LogP contribution is -2.67. The van der Waals surface area contributed by atoms with Crippen LogP contribution in [0.3, 0.4) is 0 Å². The van der Waals surface area contributed by atoms with Crippen molar-refractivity contribution in [2.75, 3.05) is 13.1 Å². The van der Waals surface area contributed by atoms with Crippen LogP contribution in [0.4, 0.5) is 0 Å². The lowest BCUT2D eigenvalue weighted by Gasteiger charge is -2.46. The van der Waals surface area contributed by atoms with Crippen LogP contribution in [0, 0.1) is 0 Å². The lowest BCUT2D eigenvalue weighted by molar-refractivity contribution is -0.260. The molecule has 0 saturated carbocycles. The van der Waals surface area contributed by atoms with Gasteiger partial charge in [-0.25, -0.2) is 0 Å². The summed E-state index contributed by atoms with van der Waals surface area (Å²) in [6.45, 7) is 3.39. The number of amides is 4. The Morgan fingerprint density at radius 3 is 0.821 bits per heavy atom. The third kappa shape index (κ3) is 15.1. The summed E-state index contributed by atoms with van der Waals surface area (Å²) in [6, 6.07) is 55.0. The minimum Gasteiger partial charge on any atom is -0.368 e. The van der Waals surface area contributed by atoms with Crippen LogP contribution in [0.2, 0.25) is 0 Å². The van der Waals surface area contributed by atoms with Crippen LogP contribution >= 0.6 is 0 Å². The van der Waals surface area contributed by atoms with Crippen LogP contribution in [0.25, 0.3) is 0 Å². The topological polar surface area (TPSA) is 190 Å². The van der Waals surface area contributed by atoms with Crippen molar-refractivity contribution in [2.24, 2.45) is 0 Å². The Hall–Kier alpha value is -7.12. The van der Waals surface area contributed by atoms with Gasteiger partial charge in [-0.2, -0.15) is 0 Å². The van der Waals surface area contributed by atoms with Gasteiger partial charge < -0.3 is 59.2 Å². The Balaban J connectivity index is 1.06. The average molecular weight is 1060 g/mol. The maximum absolute atomic E-state index is 14.9. The van der Waals surface area contributed by atoms with Gasteiger partial charge in [0.05, 0.1) is 39.6 Å². The van der Waals surface area contributed by atoms with E-state index < -0.39 is 96.8 Å². The second-order valence-corrected chi connectivity index (χ2v) is 19.7. The van der Waals surface area contributed by atoms with Gasteiger partial charge in [0.1, 0.15) is 60.9 Å². The van der Waals surface area contributed by atoms with E-state index in [0.29, 0.717) is 0 Å². The molecule has 9 rings (SSSR count). The first-order chi connectivity index (χ1) is 38.2. The monoisotopic (exact) mass is 1060 g/mol. The summed E-state index contributed by atoms with van der Waals surface area (Å²) < 4.78 is 54.0. The lowest BCUT2D eigenvalue weighted by atomic mass is 9.92. The highest BCUT2D eigenvalue weighted by molar-refractivity contribution is 5.90. The Labute approximate surface area is 455 Å². The minimum absolute atomic E-state index is 0.0774. The highest BCUT2D eigenvalue weighted by atomic mass is 16.6. The second-order valence-electron chi connectivity index (χ2n) is 19.7. The molecule has 0 spiro atoms. The first kappa shape index (κ1) is 55.6. The molecule has 6 aromatic rings. The van der Waals surface area contributed by atoms with Crippen LogP contribution in [0.1, 0.15) is 47.2 Å². The molecule has 3 fully saturated rings. The van der Waals surface area contributed by atoms with E-state index in [-0.39, 0.29) is 52.7 Å². The van der Waals surface area contributed by atoms with Gasteiger partial charge in [-0.1, -0.05) is 182 Å². The summed E-state index contributed by atoms with van der Waals surface area (Å²) in [5.74, 6) is -2.43. The Morgan fingerprint density at radius 2 is 0.564 bits per heavy atom. The molecule has 4 bridgehead atoms. The first-order valence-electron chi connectivity index (χ1n) is 26.6. The molecular formula is C62H68N4O12. The summed E-state index contributed by atoms with van der Waals surface area (Å²) in [5, 5.41) is 11.7. The molecular weight excluding hydrogens is 993 g/mol. The molecule has 0 aliphatic carbocycles. The van der Waals surface area contributed by atoms with Crippen LogP contribution in [0.15, 0.2) is 182 Å². The summed E-state index contributed by atoms with van der Waals surface area (Å²) in [6.07, 6.45) is -10.8. The zero-order valence-electron chi connectivity index (χ0n) is 43.8. The van der Waals surface area contributed by atoms with Gasteiger partial charge in [0, 0.05) is 13.1 Å². The van der Waals surface area contributed by atoms with Crippen LogP contribution < -0.4 is 21.3 Å². The fourth-order valence-electron chi connectivity index (χ4n) is 9.76. The highest BCUT2D eigenvalue weighted by Crippen LogP contribution is 2.33. The van der Waals surface area contributed by atoms with E-state index in [1.54, 1.807) is 13.8 Å². The first-order valence-corrected chi connectivity index (χ1v) is 26.6. The van der Waals surface area contributed by atoms with E-state index in [1.807, 2.05) is 182 Å². The smallest absolute Gasteiger partial charge is 0.252 e. The van der Waals surface area contributed by atoms with Crippen molar-refractivity contribution in [3.8, 4) is 0 Å². The number of hydrogen-bond donors (Lipinski definition) is 4. The number of carbonyl (C=O) groups is 4. The Kier molecular flexibility index (Phi) is 19.9. The molecule has 0 aromatic heterocycles. The molecule has 3 saturated heterocycles. The Morgan fingerprint density at radius 1 is 0.333 bits per heavy atom. The normalized spacial score (nSPS) is 27.0. The molecule has 3 aliphatic heterocycles. The quantitative estimate of drug-likeness (QED) is 0.0755. The fourth-order valence-corrected chi connectivity index (χ4v) is 9.76. The predicted octanol–water partition coefficient (Wildman–Crippen LogP) is 6.29. The van der Waals surface area contributed by atoms with Crippen molar-refractivity contribution in [2.45, 2.75) is 127 Å². The second kappa shape index (κ2) is 28.0. The van der Waals surface area contributed by atoms with E-state index in [2.05, 4.69) is 21.3 Å². The van der Waals surface area contributed by atoms with Gasteiger partial charge in [-0.05, 0) is 47.2 Å². The molecule has 12 atom stereocenters. The molecule has 16 nitrogen and oxygen atoms in total. The van der Waals surface area contributed by atoms with E-state index in [9.17, 15) is 19.2 Å². The predicted molar refractivity (Wildman–Crippen MR) is 289 cm³/mol. The molecule has 3 aliphatic rings. The van der Waals surface area contributed by atoms with E-state index >= 15 is 0 Å². The van der Waals surface area contributed by atoms with Crippen molar-refractivity contribution in [1.82, 2.24) is 21.3 Å². The number of rotatable bonds is 18. The molecule has 0 unspecified atom stereocenters. The van der Waals surface area contributed by atoms with Crippen LogP contribution in [-0.4, -0.2) is 110 Å². The zero-order valence-corrected chi connectivity index (χ0v) is 43.8. The summed E-state index contributed by atoms with van der Waals surface area (Å²) in [4.78, 5) is 58.7. The Bertz CT molecular complexity index is 2610. The number of hydrogen-bond acceptors (Lipinski definition) is 12. The van der Waals surface area contributed by atoms with Crippen molar-refractivity contribution in [3.63, 3.8) is 0 Å². The van der Waals surface area contributed by atoms with Gasteiger partial charge in [-0.15, -0.1) is 0 Å². The zero-order chi connectivity index (χ0) is 54.1. The maximum atomic E-state index is 14.9. The van der Waals surface area contributed by atoms with E-state index in [0.717, 1.165) is 33.4 Å². The molecule has 4 N–H and O–H groups in total. The molecule has 6 aromatic carbocycles. The standard InChI is InChI=1S/C62H68N4O12/c1-41-59(67)63-33-49-51(71-35-43-21-9-3-10-22-43)54(74-38-46-27-15-6-16-28-46)56(76-40-48-31-19-8-20-32-48)58(78-49)62(70)66-42(2)60(68)64-34-50-52(72-36-44-23-11-4-12-24-44)53(73-37-45-25-13-5-14-26-45)55(57(77-50)61(69)65-41)75-39-47-29-17-7-18-30-47/h3-32,41-42,49-58H,33-40H2,1-2H3,(H,63,67)(H,64,68)(H,65,69)(H,66,70)/t41-,42-,49-,50-,51-,52-,53+,54+,55-,56-,57-,58-/m0/s1. The van der Waals surface area contributed by atoms with Crippen molar-refractivity contribution in [1.29, 1.82) is 0 Å². The van der Waals surface area contributed by atoms with Crippen LogP contribution in [0.5, 0.6) is 0 Å². The summed E-state index contributed by atoms with van der Waals surface area (Å²) >= 11 is 0. The van der Waals surface area contributed by atoms with E-state index in [1.165, 1.54) is 0 Å². The molecule has 4 amide bonds. The van der Waals surface area contributed by atoms with Gasteiger partial charge in [0.2, 0.25) is 11.8 Å². The van der Waals surface area contributed by atoms with Crippen molar-refractivity contribution >= 4 is 23.6 Å². The molecule has 78 heavy (non-hydrogen) atoms. The van der Waals surface area contributed by atoms with Crippen molar-refractivity contribution < 1.29 is 57.1 Å². The number of carbonyl (C=O) groups excluding carboxylic acids is 4. The number of fused-ring (bicyclic) bond motifs is 4. The third-order valence-corrected chi connectivity index (χ3v) is 14.0. The fraction of sp³-hybridized carbons (Fsp3) is 0.355. The van der Waals surface area contributed by atoms with E-state index in [4.69, 9.17) is 37.9 Å². The summed E-state index contributed by atoms with van der Waals surface area (Å²) in [7, 11) is 0. The molecule has 408 valence electrons. The van der Waals surface area contributed by atoms with Gasteiger partial charge >= 0.3 is 0 Å². The van der Waals surface area contributed by atoms with Gasteiger partial charge in [0.15, 0.2) is 12.2 Å². The SMILES string of the molecule is C[C@@H]1NC(=O)[C@H]2O[C@@H](CNC(=O)[C@H](C)NC(=O)[C@H]3O[C@@H](CNC1=O)[C@H](OCc1ccccc1)[C@@H](OCc1ccccc1)[C@@H]3OCc1ccccc1)[C@H](OCc1ccccc1)[C@@H](OCc1ccccc1)[C@@H]2OCc1ccccc1. The maximum Gasteiger partial charge on any atom is 0.252 e. The largest absolute Gasteiger partial charge is 0.368 e. The van der Waals surface area contributed by atoms with Gasteiger partial charge in [0.25, 0.3) is 11.8 Å². The van der Waals surface area contributed by atoms with Crippen LogP contribution in [-0.2, 0) is 96.7 Å². The minimum atomic E-state index is -1.38. The average Bonchev–Trinajstić information content (AvgIpc) is 3.48. The van der Waals surface area contributed by atoms with Crippen molar-refractivity contribution in [3.05, 3.63) is 215 Å².